The van der Waals surface area contributed by atoms with Gasteiger partial charge in [-0.25, -0.2) is 4.98 Å². The minimum Gasteiger partial charge on any atom is -0.356 e. The van der Waals surface area contributed by atoms with Crippen LogP contribution in [0.2, 0.25) is 0 Å². The summed E-state index contributed by atoms with van der Waals surface area (Å²) in [5, 5.41) is 15.0. The van der Waals surface area contributed by atoms with E-state index in [-0.39, 0.29) is 24.3 Å². The Morgan fingerprint density at radius 1 is 1.48 bits per heavy atom. The van der Waals surface area contributed by atoms with Gasteiger partial charge in [0.15, 0.2) is 0 Å². The zero-order valence-corrected chi connectivity index (χ0v) is 14.0. The largest absolute Gasteiger partial charge is 0.356 e. The van der Waals surface area contributed by atoms with Crippen LogP contribution in [0.4, 0.5) is 0 Å². The zero-order valence-electron chi connectivity index (χ0n) is 14.0. The van der Waals surface area contributed by atoms with Gasteiger partial charge in [0.05, 0.1) is 23.9 Å². The first-order valence-corrected chi connectivity index (χ1v) is 8.27. The molecule has 0 saturated heterocycles. The van der Waals surface area contributed by atoms with Crippen LogP contribution in [-0.2, 0) is 4.79 Å². The molecule has 3 rings (SSSR count). The van der Waals surface area contributed by atoms with E-state index in [1.807, 2.05) is 13.0 Å². The fraction of sp³-hybridized carbons (Fsp3) is 0.333. The normalized spacial score (nSPS) is 15.8. The van der Waals surface area contributed by atoms with Gasteiger partial charge in [-0.3, -0.25) is 9.59 Å². The summed E-state index contributed by atoms with van der Waals surface area (Å²) in [7, 11) is 0. The summed E-state index contributed by atoms with van der Waals surface area (Å²) in [6, 6.07) is 9.03. The van der Waals surface area contributed by atoms with Gasteiger partial charge in [-0.15, -0.1) is 0 Å². The fourth-order valence-electron chi connectivity index (χ4n) is 2.98. The molecule has 1 aromatic heterocycles. The first-order valence-electron chi connectivity index (χ1n) is 8.27. The van der Waals surface area contributed by atoms with E-state index in [0.717, 1.165) is 6.42 Å². The average Bonchev–Trinajstić information content (AvgIpc) is 3.08. The molecule has 1 aliphatic heterocycles. The molecule has 7 nitrogen and oxygen atoms in total. The third-order valence-electron chi connectivity index (χ3n) is 4.17. The number of imidazole rings is 1. The summed E-state index contributed by atoms with van der Waals surface area (Å²) < 4.78 is 1.78. The number of rotatable bonds is 5. The molecule has 2 aromatic rings. The Morgan fingerprint density at radius 2 is 2.28 bits per heavy atom. The van der Waals surface area contributed by atoms with E-state index in [4.69, 9.17) is 0 Å². The monoisotopic (exact) mass is 337 g/mol. The SMILES string of the molecule is CCCNC(=O)CC1CNC(=O)c2cnc(-c3ccccc3C#N)n21. The number of amides is 2. The number of hydrogen-bond acceptors (Lipinski definition) is 4. The highest BCUT2D eigenvalue weighted by Gasteiger charge is 2.30. The Morgan fingerprint density at radius 3 is 3.04 bits per heavy atom. The van der Waals surface area contributed by atoms with E-state index in [1.165, 1.54) is 6.20 Å². The van der Waals surface area contributed by atoms with Crippen LogP contribution in [0.1, 0.15) is 41.9 Å². The van der Waals surface area contributed by atoms with Crippen LogP contribution in [0.15, 0.2) is 30.5 Å². The van der Waals surface area contributed by atoms with E-state index in [0.29, 0.717) is 35.7 Å². The van der Waals surface area contributed by atoms with Gasteiger partial charge in [0.2, 0.25) is 5.91 Å². The smallest absolute Gasteiger partial charge is 0.269 e. The van der Waals surface area contributed by atoms with Crippen molar-refractivity contribution >= 4 is 11.8 Å². The summed E-state index contributed by atoms with van der Waals surface area (Å²) in [6.07, 6.45) is 2.60. The third-order valence-corrected chi connectivity index (χ3v) is 4.17. The molecule has 7 heteroatoms. The van der Waals surface area contributed by atoms with Gasteiger partial charge < -0.3 is 15.2 Å². The molecule has 2 heterocycles. The highest BCUT2D eigenvalue weighted by atomic mass is 16.2. The standard InChI is InChI=1S/C18H19N5O2/c1-2-7-20-16(24)8-13-10-22-18(25)15-11-21-17(23(13)15)14-6-4-3-5-12(14)9-19/h3-6,11,13H,2,7-8,10H2,1H3,(H,20,24)(H,22,25). The quantitative estimate of drug-likeness (QED) is 0.866. The predicted molar refractivity (Wildman–Crippen MR) is 91.7 cm³/mol. The summed E-state index contributed by atoms with van der Waals surface area (Å²) in [4.78, 5) is 28.7. The van der Waals surface area contributed by atoms with E-state index in [1.54, 1.807) is 22.8 Å². The summed E-state index contributed by atoms with van der Waals surface area (Å²) in [5.74, 6) is 0.246. The van der Waals surface area contributed by atoms with Crippen LogP contribution >= 0.6 is 0 Å². The molecule has 0 bridgehead atoms. The Kier molecular flexibility index (Phi) is 4.80. The van der Waals surface area contributed by atoms with Crippen LogP contribution in [0, 0.1) is 11.3 Å². The number of nitrogens with one attached hydrogen (secondary N) is 2. The maximum atomic E-state index is 12.2. The van der Waals surface area contributed by atoms with Crippen molar-refractivity contribution in [2.45, 2.75) is 25.8 Å². The predicted octanol–water partition coefficient (Wildman–Crippen LogP) is 1.62. The lowest BCUT2D eigenvalue weighted by molar-refractivity contribution is -0.121. The third kappa shape index (κ3) is 3.24. The Labute approximate surface area is 145 Å². The number of nitriles is 1. The number of fused-ring (bicyclic) bond motifs is 1. The van der Waals surface area contributed by atoms with Crippen LogP contribution in [0.3, 0.4) is 0 Å². The van der Waals surface area contributed by atoms with Gasteiger partial charge >= 0.3 is 0 Å². The zero-order chi connectivity index (χ0) is 17.8. The van der Waals surface area contributed by atoms with Crippen LogP contribution in [0.25, 0.3) is 11.4 Å². The minimum atomic E-state index is -0.242. The molecule has 1 aromatic carbocycles. The second-order valence-electron chi connectivity index (χ2n) is 5.91. The number of aromatic nitrogens is 2. The van der Waals surface area contributed by atoms with Gasteiger partial charge in [-0.2, -0.15) is 5.26 Å². The van der Waals surface area contributed by atoms with Crippen molar-refractivity contribution in [2.75, 3.05) is 13.1 Å². The summed E-state index contributed by atoms with van der Waals surface area (Å²) >= 11 is 0. The number of benzene rings is 1. The molecule has 25 heavy (non-hydrogen) atoms. The molecule has 0 radical (unpaired) electrons. The summed E-state index contributed by atoms with van der Waals surface area (Å²) in [5.41, 5.74) is 1.54. The molecule has 1 aliphatic rings. The Bertz CT molecular complexity index is 849. The van der Waals surface area contributed by atoms with Crippen molar-refractivity contribution in [3.63, 3.8) is 0 Å². The molecule has 0 aliphatic carbocycles. The number of nitrogens with zero attached hydrogens (tertiary/aromatic N) is 3. The topological polar surface area (TPSA) is 99.8 Å². The van der Waals surface area contributed by atoms with Crippen molar-refractivity contribution in [3.8, 4) is 17.5 Å². The number of carbonyl (C=O) groups is 2. The molecular formula is C18H19N5O2. The maximum Gasteiger partial charge on any atom is 0.269 e. The highest BCUT2D eigenvalue weighted by molar-refractivity contribution is 5.94. The molecule has 0 spiro atoms. The first-order chi connectivity index (χ1) is 12.2. The molecule has 128 valence electrons. The average molecular weight is 337 g/mol. The van der Waals surface area contributed by atoms with Crippen molar-refractivity contribution in [2.24, 2.45) is 0 Å². The second kappa shape index (κ2) is 7.18. The van der Waals surface area contributed by atoms with Crippen molar-refractivity contribution in [3.05, 3.63) is 41.7 Å². The van der Waals surface area contributed by atoms with E-state index in [9.17, 15) is 14.9 Å². The van der Waals surface area contributed by atoms with Crippen LogP contribution in [0.5, 0.6) is 0 Å². The number of hydrogen-bond donors (Lipinski definition) is 2. The summed E-state index contributed by atoms with van der Waals surface area (Å²) in [6.45, 7) is 2.97. The van der Waals surface area contributed by atoms with Crippen molar-refractivity contribution < 1.29 is 9.59 Å². The van der Waals surface area contributed by atoms with Gasteiger partial charge in [0.25, 0.3) is 5.91 Å². The Balaban J connectivity index is 2.00. The minimum absolute atomic E-state index is 0.0674. The fourth-order valence-corrected chi connectivity index (χ4v) is 2.98. The van der Waals surface area contributed by atoms with Gasteiger partial charge in [0, 0.05) is 25.1 Å². The van der Waals surface area contributed by atoms with E-state index >= 15 is 0 Å². The molecule has 1 unspecified atom stereocenters. The van der Waals surface area contributed by atoms with Crippen molar-refractivity contribution in [1.29, 1.82) is 5.26 Å². The van der Waals surface area contributed by atoms with E-state index < -0.39 is 0 Å². The molecule has 2 N–H and O–H groups in total. The van der Waals surface area contributed by atoms with Crippen LogP contribution in [-0.4, -0.2) is 34.5 Å². The molecule has 0 fully saturated rings. The lowest BCUT2D eigenvalue weighted by atomic mass is 10.1. The molecule has 0 saturated carbocycles. The van der Waals surface area contributed by atoms with Crippen molar-refractivity contribution in [1.82, 2.24) is 20.2 Å². The molecule has 1 atom stereocenters. The maximum absolute atomic E-state index is 12.2. The lowest BCUT2D eigenvalue weighted by Gasteiger charge is -2.27. The van der Waals surface area contributed by atoms with E-state index in [2.05, 4.69) is 21.7 Å². The Hall–Kier alpha value is -3.14. The molecular weight excluding hydrogens is 318 g/mol. The van der Waals surface area contributed by atoms with Gasteiger partial charge in [-0.05, 0) is 18.6 Å². The van der Waals surface area contributed by atoms with Crippen LogP contribution < -0.4 is 10.6 Å². The van der Waals surface area contributed by atoms with Gasteiger partial charge in [-0.1, -0.05) is 19.1 Å². The first kappa shape index (κ1) is 16.7. The molecule has 2 amide bonds. The second-order valence-corrected chi connectivity index (χ2v) is 5.91. The number of carbonyl (C=O) groups excluding carboxylic acids is 2. The lowest BCUT2D eigenvalue weighted by Crippen LogP contribution is -2.41. The van der Waals surface area contributed by atoms with Gasteiger partial charge in [0.1, 0.15) is 11.5 Å². The highest BCUT2D eigenvalue weighted by Crippen LogP contribution is 2.29.